The Bertz CT molecular complexity index is 861. The maximum atomic E-state index is 5.39. The molecule has 132 valence electrons. The van der Waals surface area contributed by atoms with E-state index in [-0.39, 0.29) is 0 Å². The van der Waals surface area contributed by atoms with Gasteiger partial charge in [-0.3, -0.25) is 0 Å². The van der Waals surface area contributed by atoms with Gasteiger partial charge in [0.2, 0.25) is 0 Å². The van der Waals surface area contributed by atoms with E-state index in [1.165, 1.54) is 0 Å². The van der Waals surface area contributed by atoms with Crippen molar-refractivity contribution < 1.29 is 4.74 Å². The van der Waals surface area contributed by atoms with Crippen LogP contribution in [0.1, 0.15) is 5.69 Å². The number of rotatable bonds is 4. The SMILES string of the molecule is Cc1cc(Nc2ccccc2)nc(-c2ccc(N3CCOCC3)nc2)n1. The van der Waals surface area contributed by atoms with E-state index in [4.69, 9.17) is 4.74 Å². The Morgan fingerprint density at radius 2 is 1.81 bits per heavy atom. The summed E-state index contributed by atoms with van der Waals surface area (Å²) in [6, 6.07) is 16.0. The van der Waals surface area contributed by atoms with E-state index < -0.39 is 0 Å². The summed E-state index contributed by atoms with van der Waals surface area (Å²) in [5.41, 5.74) is 2.81. The smallest absolute Gasteiger partial charge is 0.163 e. The maximum Gasteiger partial charge on any atom is 0.163 e. The molecule has 2 aromatic heterocycles. The second-order valence-corrected chi connectivity index (χ2v) is 6.21. The third-order valence-corrected chi connectivity index (χ3v) is 4.24. The molecule has 26 heavy (non-hydrogen) atoms. The summed E-state index contributed by atoms with van der Waals surface area (Å²) in [6.45, 7) is 5.21. The van der Waals surface area contributed by atoms with Gasteiger partial charge in [-0.25, -0.2) is 15.0 Å². The molecular weight excluding hydrogens is 326 g/mol. The lowest BCUT2D eigenvalue weighted by Gasteiger charge is -2.27. The number of anilines is 3. The van der Waals surface area contributed by atoms with E-state index in [0.717, 1.165) is 54.9 Å². The first-order chi connectivity index (χ1) is 12.8. The molecule has 3 aromatic rings. The zero-order valence-electron chi connectivity index (χ0n) is 14.7. The van der Waals surface area contributed by atoms with Gasteiger partial charge in [0.25, 0.3) is 0 Å². The minimum Gasteiger partial charge on any atom is -0.378 e. The van der Waals surface area contributed by atoms with Crippen LogP contribution in [0, 0.1) is 6.92 Å². The standard InChI is InChI=1S/C20H21N5O/c1-15-13-18(23-17-5-3-2-4-6-17)24-20(22-15)16-7-8-19(21-14-16)25-9-11-26-12-10-25/h2-8,13-14H,9-12H2,1H3,(H,22,23,24). The highest BCUT2D eigenvalue weighted by Gasteiger charge is 2.13. The molecular formula is C20H21N5O. The van der Waals surface area contributed by atoms with Crippen molar-refractivity contribution in [3.05, 3.63) is 60.4 Å². The lowest BCUT2D eigenvalue weighted by atomic mass is 10.2. The molecule has 6 heteroatoms. The van der Waals surface area contributed by atoms with Crippen LogP contribution in [0.15, 0.2) is 54.7 Å². The van der Waals surface area contributed by atoms with Gasteiger partial charge in [-0.05, 0) is 31.2 Å². The average molecular weight is 347 g/mol. The minimum absolute atomic E-state index is 0.671. The van der Waals surface area contributed by atoms with E-state index in [9.17, 15) is 0 Å². The molecule has 0 saturated carbocycles. The van der Waals surface area contributed by atoms with Gasteiger partial charge in [-0.2, -0.15) is 0 Å². The van der Waals surface area contributed by atoms with Crippen molar-refractivity contribution in [1.82, 2.24) is 15.0 Å². The van der Waals surface area contributed by atoms with E-state index in [1.807, 2.05) is 61.7 Å². The molecule has 1 N–H and O–H groups in total. The van der Waals surface area contributed by atoms with Gasteiger partial charge in [0, 0.05) is 42.3 Å². The summed E-state index contributed by atoms with van der Waals surface area (Å²) < 4.78 is 5.39. The van der Waals surface area contributed by atoms with Crippen molar-refractivity contribution in [2.24, 2.45) is 0 Å². The second kappa shape index (κ2) is 7.49. The van der Waals surface area contributed by atoms with Gasteiger partial charge >= 0.3 is 0 Å². The topological polar surface area (TPSA) is 63.2 Å². The van der Waals surface area contributed by atoms with Gasteiger partial charge in [0.1, 0.15) is 11.6 Å². The fraction of sp³-hybridized carbons (Fsp3) is 0.250. The van der Waals surface area contributed by atoms with Crippen LogP contribution in [-0.4, -0.2) is 41.3 Å². The molecule has 0 atom stereocenters. The summed E-state index contributed by atoms with van der Waals surface area (Å²) >= 11 is 0. The Kier molecular flexibility index (Phi) is 4.75. The molecule has 3 heterocycles. The Morgan fingerprint density at radius 1 is 1.00 bits per heavy atom. The fourth-order valence-corrected chi connectivity index (χ4v) is 2.93. The van der Waals surface area contributed by atoms with Crippen molar-refractivity contribution in [3.8, 4) is 11.4 Å². The quantitative estimate of drug-likeness (QED) is 0.780. The van der Waals surface area contributed by atoms with Gasteiger partial charge in [0.15, 0.2) is 5.82 Å². The van der Waals surface area contributed by atoms with Gasteiger partial charge < -0.3 is 15.0 Å². The lowest BCUT2D eigenvalue weighted by molar-refractivity contribution is 0.122. The molecule has 0 unspecified atom stereocenters. The first kappa shape index (κ1) is 16.5. The van der Waals surface area contributed by atoms with Crippen LogP contribution < -0.4 is 10.2 Å². The first-order valence-corrected chi connectivity index (χ1v) is 8.75. The number of nitrogens with one attached hydrogen (secondary N) is 1. The number of aryl methyl sites for hydroxylation is 1. The molecule has 0 amide bonds. The number of pyridine rings is 1. The lowest BCUT2D eigenvalue weighted by Crippen LogP contribution is -2.36. The van der Waals surface area contributed by atoms with Crippen LogP contribution in [0.25, 0.3) is 11.4 Å². The average Bonchev–Trinajstić information content (AvgIpc) is 2.69. The van der Waals surface area contributed by atoms with Crippen LogP contribution in [0.2, 0.25) is 0 Å². The van der Waals surface area contributed by atoms with E-state index >= 15 is 0 Å². The highest BCUT2D eigenvalue weighted by atomic mass is 16.5. The molecule has 1 fully saturated rings. The third kappa shape index (κ3) is 3.81. The molecule has 1 aliphatic rings. The second-order valence-electron chi connectivity index (χ2n) is 6.21. The highest BCUT2D eigenvalue weighted by Crippen LogP contribution is 2.22. The molecule has 1 aliphatic heterocycles. The Morgan fingerprint density at radius 3 is 2.54 bits per heavy atom. The summed E-state index contributed by atoms with van der Waals surface area (Å²) in [5, 5.41) is 3.32. The highest BCUT2D eigenvalue weighted by molar-refractivity contribution is 5.62. The fourth-order valence-electron chi connectivity index (χ4n) is 2.93. The third-order valence-electron chi connectivity index (χ3n) is 4.24. The first-order valence-electron chi connectivity index (χ1n) is 8.75. The molecule has 4 rings (SSSR count). The van der Waals surface area contributed by atoms with Crippen LogP contribution >= 0.6 is 0 Å². The zero-order chi connectivity index (χ0) is 17.8. The van der Waals surface area contributed by atoms with Crippen molar-refractivity contribution >= 4 is 17.3 Å². The van der Waals surface area contributed by atoms with Gasteiger partial charge in [-0.15, -0.1) is 0 Å². The van der Waals surface area contributed by atoms with Crippen molar-refractivity contribution in [2.75, 3.05) is 36.5 Å². The summed E-state index contributed by atoms with van der Waals surface area (Å²) in [6.07, 6.45) is 1.84. The summed E-state index contributed by atoms with van der Waals surface area (Å²) in [7, 11) is 0. The molecule has 1 aromatic carbocycles. The maximum absolute atomic E-state index is 5.39. The summed E-state index contributed by atoms with van der Waals surface area (Å²) in [4.78, 5) is 16.0. The van der Waals surface area contributed by atoms with Crippen LogP contribution in [0.3, 0.4) is 0 Å². The normalized spacial score (nSPS) is 14.3. The van der Waals surface area contributed by atoms with Crippen LogP contribution in [0.4, 0.5) is 17.3 Å². The number of aromatic nitrogens is 3. The van der Waals surface area contributed by atoms with Crippen LogP contribution in [-0.2, 0) is 4.74 Å². The Hall–Kier alpha value is -2.99. The van der Waals surface area contributed by atoms with Gasteiger partial charge in [-0.1, -0.05) is 18.2 Å². The molecule has 0 radical (unpaired) electrons. The number of nitrogens with zero attached hydrogens (tertiary/aromatic N) is 4. The molecule has 0 aliphatic carbocycles. The molecule has 0 bridgehead atoms. The van der Waals surface area contributed by atoms with Crippen molar-refractivity contribution in [1.29, 1.82) is 0 Å². The number of ether oxygens (including phenoxy) is 1. The molecule has 6 nitrogen and oxygen atoms in total. The van der Waals surface area contributed by atoms with Crippen molar-refractivity contribution in [3.63, 3.8) is 0 Å². The Labute approximate surface area is 152 Å². The predicted molar refractivity (Wildman–Crippen MR) is 103 cm³/mol. The number of para-hydroxylation sites is 1. The monoisotopic (exact) mass is 347 g/mol. The van der Waals surface area contributed by atoms with E-state index in [1.54, 1.807) is 0 Å². The van der Waals surface area contributed by atoms with Crippen LogP contribution in [0.5, 0.6) is 0 Å². The van der Waals surface area contributed by atoms with Crippen molar-refractivity contribution in [2.45, 2.75) is 6.92 Å². The number of morpholine rings is 1. The number of hydrogen-bond donors (Lipinski definition) is 1. The molecule has 1 saturated heterocycles. The number of benzene rings is 1. The van der Waals surface area contributed by atoms with E-state index in [0.29, 0.717) is 5.82 Å². The number of hydrogen-bond acceptors (Lipinski definition) is 6. The largest absolute Gasteiger partial charge is 0.378 e. The zero-order valence-corrected chi connectivity index (χ0v) is 14.7. The molecule has 0 spiro atoms. The predicted octanol–water partition coefficient (Wildman–Crippen LogP) is 3.43. The minimum atomic E-state index is 0.671. The Balaban J connectivity index is 1.57. The van der Waals surface area contributed by atoms with Gasteiger partial charge in [0.05, 0.1) is 13.2 Å². The summed E-state index contributed by atoms with van der Waals surface area (Å²) in [5.74, 6) is 2.41. The van der Waals surface area contributed by atoms with E-state index in [2.05, 4.69) is 25.2 Å².